The van der Waals surface area contributed by atoms with E-state index in [-0.39, 0.29) is 5.97 Å². The minimum Gasteiger partial charge on any atom is -0.499 e. The molecule has 0 heterocycles. The first-order valence-electron chi connectivity index (χ1n) is 6.73. The van der Waals surface area contributed by atoms with Crippen molar-refractivity contribution in [3.8, 4) is 0 Å². The summed E-state index contributed by atoms with van der Waals surface area (Å²) in [5, 5.41) is 0. The Labute approximate surface area is 120 Å². The summed E-state index contributed by atoms with van der Waals surface area (Å²) < 4.78 is 10.3. The zero-order valence-corrected chi connectivity index (χ0v) is 12.0. The normalized spacial score (nSPS) is 12.1. The van der Waals surface area contributed by atoms with E-state index in [1.54, 1.807) is 13.1 Å². The number of rotatable bonds is 8. The maximum atomic E-state index is 11.9. The third-order valence-electron chi connectivity index (χ3n) is 2.55. The number of allylic oxidation sites excluding steroid dienone is 1. The van der Waals surface area contributed by atoms with E-state index >= 15 is 0 Å². The maximum Gasteiger partial charge on any atom is 0.314 e. The number of aliphatic imine (C=N–C) groups is 1. The number of carbonyl (C=O) groups excluding carboxylic acids is 1. The van der Waals surface area contributed by atoms with Crippen molar-refractivity contribution in [3.05, 3.63) is 42.7 Å². The molecule has 0 aliphatic heterocycles. The summed E-state index contributed by atoms with van der Waals surface area (Å²) in [5.41, 5.74) is 0.795. The fourth-order valence-electron chi connectivity index (χ4n) is 1.64. The summed E-state index contributed by atoms with van der Waals surface area (Å²) in [5.74, 6) is -0.229. The van der Waals surface area contributed by atoms with Crippen molar-refractivity contribution in [1.29, 1.82) is 0 Å². The van der Waals surface area contributed by atoms with E-state index in [1.807, 2.05) is 37.3 Å². The number of ether oxygens (including phenoxy) is 2. The summed E-state index contributed by atoms with van der Waals surface area (Å²) in [4.78, 5) is 16.2. The van der Waals surface area contributed by atoms with Gasteiger partial charge in [0.1, 0.15) is 0 Å². The Balaban J connectivity index is 2.74. The Bertz CT molecular complexity index is 454. The molecule has 1 rings (SSSR count). The van der Waals surface area contributed by atoms with Crippen LogP contribution in [0, 0.1) is 5.92 Å². The second-order valence-electron chi connectivity index (χ2n) is 4.15. The van der Waals surface area contributed by atoms with Gasteiger partial charge in [-0.3, -0.25) is 9.79 Å². The number of benzene rings is 1. The molecule has 0 fully saturated rings. The molecule has 0 amide bonds. The summed E-state index contributed by atoms with van der Waals surface area (Å²) in [6, 6.07) is 9.45. The van der Waals surface area contributed by atoms with Gasteiger partial charge in [-0.05, 0) is 26.0 Å². The first-order valence-corrected chi connectivity index (χ1v) is 6.73. The van der Waals surface area contributed by atoms with Crippen LogP contribution in [-0.2, 0) is 14.3 Å². The van der Waals surface area contributed by atoms with Crippen molar-refractivity contribution in [1.82, 2.24) is 0 Å². The predicted molar refractivity (Wildman–Crippen MR) is 80.1 cm³/mol. The van der Waals surface area contributed by atoms with Crippen LogP contribution in [0.2, 0.25) is 0 Å². The average molecular weight is 275 g/mol. The second kappa shape index (κ2) is 8.91. The number of para-hydroxylation sites is 1. The molecular formula is C16H21NO3. The monoisotopic (exact) mass is 275 g/mol. The Kier molecular flexibility index (Phi) is 7.11. The van der Waals surface area contributed by atoms with E-state index in [0.717, 1.165) is 5.69 Å². The highest BCUT2D eigenvalue weighted by Gasteiger charge is 2.19. The zero-order chi connectivity index (χ0) is 14.8. The summed E-state index contributed by atoms with van der Waals surface area (Å²) >= 11 is 0. The van der Waals surface area contributed by atoms with E-state index in [1.165, 1.54) is 0 Å². The van der Waals surface area contributed by atoms with Gasteiger partial charge in [-0.2, -0.15) is 0 Å². The van der Waals surface area contributed by atoms with Crippen LogP contribution >= 0.6 is 0 Å². The molecule has 4 nitrogen and oxygen atoms in total. The predicted octanol–water partition coefficient (Wildman–Crippen LogP) is 3.51. The van der Waals surface area contributed by atoms with Gasteiger partial charge in [0.25, 0.3) is 0 Å². The Morgan fingerprint density at radius 1 is 1.25 bits per heavy atom. The number of hydrogen-bond acceptors (Lipinski definition) is 4. The van der Waals surface area contributed by atoms with Crippen molar-refractivity contribution < 1.29 is 14.3 Å². The van der Waals surface area contributed by atoms with Crippen LogP contribution in [0.25, 0.3) is 0 Å². The van der Waals surface area contributed by atoms with Gasteiger partial charge in [-0.25, -0.2) is 0 Å². The molecule has 0 saturated heterocycles. The lowest BCUT2D eigenvalue weighted by Gasteiger charge is -2.13. The average Bonchev–Trinajstić information content (AvgIpc) is 2.45. The van der Waals surface area contributed by atoms with Crippen LogP contribution in [0.15, 0.2) is 47.7 Å². The Morgan fingerprint density at radius 2 is 1.90 bits per heavy atom. The Hall–Kier alpha value is -2.10. The standard InChI is InChI=1S/C16H21NO3/c1-4-19-13(3)11-14(16(18)20-5-2)12-17-15-9-7-6-8-10-15/h6-10,12,14H,3-5,11H2,1-2H3. The fraction of sp³-hybridized carbons (Fsp3) is 0.375. The molecular weight excluding hydrogens is 254 g/mol. The number of esters is 1. The third-order valence-corrected chi connectivity index (χ3v) is 2.55. The lowest BCUT2D eigenvalue weighted by Crippen LogP contribution is -2.20. The zero-order valence-electron chi connectivity index (χ0n) is 12.0. The molecule has 1 atom stereocenters. The van der Waals surface area contributed by atoms with Gasteiger partial charge in [0.15, 0.2) is 0 Å². The van der Waals surface area contributed by atoms with E-state index in [0.29, 0.717) is 25.4 Å². The first-order chi connectivity index (χ1) is 9.67. The Morgan fingerprint density at radius 3 is 2.50 bits per heavy atom. The highest BCUT2D eigenvalue weighted by atomic mass is 16.5. The summed E-state index contributed by atoms with van der Waals surface area (Å²) in [6.45, 7) is 8.32. The van der Waals surface area contributed by atoms with Crippen molar-refractivity contribution >= 4 is 17.9 Å². The van der Waals surface area contributed by atoms with Crippen molar-refractivity contribution in [2.75, 3.05) is 13.2 Å². The van der Waals surface area contributed by atoms with Gasteiger partial charge in [0, 0.05) is 12.6 Å². The maximum absolute atomic E-state index is 11.9. The van der Waals surface area contributed by atoms with Gasteiger partial charge >= 0.3 is 5.97 Å². The van der Waals surface area contributed by atoms with Crippen LogP contribution < -0.4 is 0 Å². The number of hydrogen-bond donors (Lipinski definition) is 0. The molecule has 0 radical (unpaired) electrons. The molecule has 1 aromatic rings. The van der Waals surface area contributed by atoms with Gasteiger partial charge in [-0.15, -0.1) is 0 Å². The van der Waals surface area contributed by atoms with E-state index < -0.39 is 5.92 Å². The second-order valence-corrected chi connectivity index (χ2v) is 4.15. The van der Waals surface area contributed by atoms with Crippen molar-refractivity contribution in [2.45, 2.75) is 20.3 Å². The molecule has 20 heavy (non-hydrogen) atoms. The first kappa shape index (κ1) is 16.0. The molecule has 4 heteroatoms. The van der Waals surface area contributed by atoms with E-state index in [2.05, 4.69) is 11.6 Å². The minimum atomic E-state index is -0.478. The largest absolute Gasteiger partial charge is 0.499 e. The molecule has 0 bridgehead atoms. The van der Waals surface area contributed by atoms with E-state index in [4.69, 9.17) is 9.47 Å². The quantitative estimate of drug-likeness (QED) is 0.414. The van der Waals surface area contributed by atoms with Gasteiger partial charge in [-0.1, -0.05) is 24.8 Å². The SMILES string of the molecule is C=C(CC(C=Nc1ccccc1)C(=O)OCC)OCC. The summed E-state index contributed by atoms with van der Waals surface area (Å²) in [7, 11) is 0. The molecule has 0 aliphatic carbocycles. The molecule has 108 valence electrons. The molecule has 0 saturated carbocycles. The van der Waals surface area contributed by atoms with Gasteiger partial charge < -0.3 is 9.47 Å². The molecule has 0 aromatic heterocycles. The topological polar surface area (TPSA) is 47.9 Å². The smallest absolute Gasteiger partial charge is 0.314 e. The highest BCUT2D eigenvalue weighted by molar-refractivity contribution is 5.91. The minimum absolute atomic E-state index is 0.312. The van der Waals surface area contributed by atoms with Crippen LogP contribution in [0.1, 0.15) is 20.3 Å². The lowest BCUT2D eigenvalue weighted by molar-refractivity contribution is -0.145. The van der Waals surface area contributed by atoms with Crippen LogP contribution in [-0.4, -0.2) is 25.4 Å². The lowest BCUT2D eigenvalue weighted by atomic mass is 10.1. The molecule has 0 aliphatic rings. The highest BCUT2D eigenvalue weighted by Crippen LogP contribution is 2.15. The van der Waals surface area contributed by atoms with E-state index in [9.17, 15) is 4.79 Å². The van der Waals surface area contributed by atoms with Crippen LogP contribution in [0.3, 0.4) is 0 Å². The number of nitrogens with zero attached hydrogens (tertiary/aromatic N) is 1. The van der Waals surface area contributed by atoms with Gasteiger partial charge in [0.2, 0.25) is 0 Å². The number of carbonyl (C=O) groups is 1. The van der Waals surface area contributed by atoms with Crippen LogP contribution in [0.4, 0.5) is 5.69 Å². The van der Waals surface area contributed by atoms with Gasteiger partial charge in [0.05, 0.1) is 30.6 Å². The van der Waals surface area contributed by atoms with Crippen molar-refractivity contribution in [2.24, 2.45) is 10.9 Å². The molecule has 1 aromatic carbocycles. The third kappa shape index (κ3) is 5.69. The molecule has 0 spiro atoms. The van der Waals surface area contributed by atoms with Crippen molar-refractivity contribution in [3.63, 3.8) is 0 Å². The summed E-state index contributed by atoms with van der Waals surface area (Å²) in [6.07, 6.45) is 1.97. The fourth-order valence-corrected chi connectivity index (χ4v) is 1.64. The van der Waals surface area contributed by atoms with Crippen LogP contribution in [0.5, 0.6) is 0 Å². The molecule has 0 N–H and O–H groups in total. The molecule has 1 unspecified atom stereocenters.